The summed E-state index contributed by atoms with van der Waals surface area (Å²) in [5, 5.41) is 9.93. The van der Waals surface area contributed by atoms with Gasteiger partial charge in [0.25, 0.3) is 0 Å². The minimum Gasteiger partial charge on any atom is -0.363 e. The van der Waals surface area contributed by atoms with Crippen LogP contribution in [0.1, 0.15) is 51.4 Å². The number of sulfonamides is 1. The van der Waals surface area contributed by atoms with Crippen LogP contribution in [0.2, 0.25) is 0 Å². The van der Waals surface area contributed by atoms with Crippen molar-refractivity contribution in [2.75, 3.05) is 62.2 Å². The van der Waals surface area contributed by atoms with Crippen LogP contribution in [0, 0.1) is 6.92 Å². The first kappa shape index (κ1) is 92.0. The van der Waals surface area contributed by atoms with E-state index in [2.05, 4.69) is 306 Å². The Morgan fingerprint density at radius 3 is 1.26 bits per heavy atom. The Kier molecular flexibility index (Phi) is 35.9. The van der Waals surface area contributed by atoms with Gasteiger partial charge in [0, 0.05) is 150 Å². The molecule has 14 aromatic carbocycles. The van der Waals surface area contributed by atoms with Crippen LogP contribution in [0.25, 0.3) is 54.1 Å². The van der Waals surface area contributed by atoms with Crippen molar-refractivity contribution in [3.05, 3.63) is 485 Å². The van der Waals surface area contributed by atoms with Gasteiger partial charge in [0.05, 0.1) is 4.90 Å². The summed E-state index contributed by atoms with van der Waals surface area (Å²) in [4.78, 5) is 26.5. The second-order valence-electron chi connectivity index (χ2n) is 30.7. The molecular weight excluding hydrogens is 1550 g/mol. The molecule has 11 nitrogen and oxygen atoms in total. The number of rotatable bonds is 33. The number of fused-ring (bicyclic) bond motifs is 5. The first-order valence-electron chi connectivity index (χ1n) is 42.8. The molecule has 16 rings (SSSR count). The number of aromatic amines is 1. The second kappa shape index (κ2) is 48.8. The van der Waals surface area contributed by atoms with Crippen molar-refractivity contribution in [2.24, 2.45) is 7.05 Å². The van der Waals surface area contributed by atoms with Gasteiger partial charge in [-0.15, -0.1) is 39.5 Å². The molecule has 2 heterocycles. The molecule has 0 atom stereocenters. The van der Waals surface area contributed by atoms with Crippen molar-refractivity contribution in [3.8, 4) is 0 Å². The number of aromatic nitrogens is 2. The van der Waals surface area contributed by atoms with E-state index in [1.165, 1.54) is 98.1 Å². The average Bonchev–Trinajstić information content (AvgIpc) is 1.25. The van der Waals surface area contributed by atoms with E-state index in [1.807, 2.05) is 153 Å². The van der Waals surface area contributed by atoms with Crippen LogP contribution >= 0.6 is 0 Å². The number of benzene rings is 14. The second-order valence-corrected chi connectivity index (χ2v) is 32.7. The summed E-state index contributed by atoms with van der Waals surface area (Å²) in [6.07, 6.45) is 17.7. The third kappa shape index (κ3) is 27.1. The van der Waals surface area contributed by atoms with E-state index in [-0.39, 0.29) is 12.5 Å². The maximum Gasteiger partial charge on any atom is 0.243 e. The van der Waals surface area contributed by atoms with Gasteiger partial charge in [-0.2, -0.15) is 4.31 Å². The Balaban J connectivity index is 0.000000147. The first-order chi connectivity index (χ1) is 61.2. The zero-order valence-electron chi connectivity index (χ0n) is 72.7. The predicted molar refractivity (Wildman–Crippen MR) is 532 cm³/mol. The van der Waals surface area contributed by atoms with Crippen molar-refractivity contribution in [1.82, 2.24) is 28.6 Å². The molecule has 0 spiro atoms. The summed E-state index contributed by atoms with van der Waals surface area (Å²) < 4.78 is 29.8. The number of carbonyl (C=O) groups excluding carboxylic acids is 1. The highest BCUT2D eigenvalue weighted by atomic mass is 32.2. The number of amides is 1. The minimum atomic E-state index is -3.58. The summed E-state index contributed by atoms with van der Waals surface area (Å²) in [6, 6.07) is 120. The Hall–Kier alpha value is -13.7. The number of nitrogens with zero attached hydrogens (tertiary/aromatic N) is 7. The van der Waals surface area contributed by atoms with Gasteiger partial charge < -0.3 is 24.3 Å². The summed E-state index contributed by atoms with van der Waals surface area (Å²) in [5.74, 6) is 0.0721. The highest BCUT2D eigenvalue weighted by Gasteiger charge is 2.25. The number of H-pyrrole nitrogens is 1. The average molecular weight is 1670 g/mol. The van der Waals surface area contributed by atoms with Crippen LogP contribution in [0.5, 0.6) is 0 Å². The normalized spacial score (nSPS) is 10.9. The van der Waals surface area contributed by atoms with E-state index < -0.39 is 10.0 Å². The quantitative estimate of drug-likeness (QED) is 0.0410. The third-order valence-corrected chi connectivity index (χ3v) is 23.6. The Labute approximate surface area is 742 Å². The largest absolute Gasteiger partial charge is 0.363 e. The molecule has 1 amide bonds. The Bertz CT molecular complexity index is 6120. The lowest BCUT2D eigenvalue weighted by atomic mass is 10.0. The van der Waals surface area contributed by atoms with Crippen LogP contribution in [-0.2, 0) is 67.4 Å². The van der Waals surface area contributed by atoms with E-state index in [0.717, 1.165) is 93.6 Å². The van der Waals surface area contributed by atoms with Crippen LogP contribution in [0.4, 0.5) is 17.1 Å². The van der Waals surface area contributed by atoms with Crippen LogP contribution in [-0.4, -0.2) is 95.2 Å². The molecule has 0 radical (unpaired) electrons. The number of carbonyl (C=O) groups is 1. The summed E-state index contributed by atoms with van der Waals surface area (Å²) in [7, 11) is -1.46. The molecule has 0 unspecified atom stereocenters. The molecule has 0 aliphatic rings. The minimum absolute atomic E-state index is 0.0721. The number of aryl methyl sites for hydroxylation is 2. The monoisotopic (exact) mass is 1670 g/mol. The van der Waals surface area contributed by atoms with Crippen molar-refractivity contribution < 1.29 is 13.2 Å². The van der Waals surface area contributed by atoms with Crippen LogP contribution < -0.4 is 9.80 Å². The SMILES string of the molecule is C=CCN(CCc1c[nH]c2ccccc12)Cc1cccc2ccccc12.C=CCN(CCc1cn(C)c2ccccc12)Cc1ccccc1.C=CCN(Cc1cccc2ccccc12)C(C)=O.C=CCN(Cc1cccc2ccccc12)S(=O)(=O)c1ccc(C)cc1.C=CCN(Cc1ccccc1)c1ccccc1.C=CCN(c1ccccc1)c1ccccc1. The van der Waals surface area contributed by atoms with E-state index in [9.17, 15) is 13.2 Å². The maximum atomic E-state index is 13.1. The Morgan fingerprint density at radius 1 is 0.360 bits per heavy atom. The first-order valence-corrected chi connectivity index (χ1v) is 44.3. The molecule has 0 saturated carbocycles. The van der Waals surface area contributed by atoms with Gasteiger partial charge in [-0.25, -0.2) is 8.42 Å². The van der Waals surface area contributed by atoms with Gasteiger partial charge >= 0.3 is 0 Å². The number of hydrogen-bond donors (Lipinski definition) is 1. The van der Waals surface area contributed by atoms with Crippen LogP contribution in [0.15, 0.2) is 445 Å². The molecule has 12 heteroatoms. The van der Waals surface area contributed by atoms with Gasteiger partial charge in [-0.1, -0.05) is 333 Å². The van der Waals surface area contributed by atoms with Gasteiger partial charge in [0.1, 0.15) is 0 Å². The molecular formula is C113H118N8O3S. The van der Waals surface area contributed by atoms with E-state index >= 15 is 0 Å². The fourth-order valence-corrected chi connectivity index (χ4v) is 16.8. The van der Waals surface area contributed by atoms with E-state index in [1.54, 1.807) is 36.1 Å². The fourth-order valence-electron chi connectivity index (χ4n) is 15.4. The summed E-state index contributed by atoms with van der Waals surface area (Å²) in [6.45, 7) is 36.6. The van der Waals surface area contributed by atoms with Gasteiger partial charge in [-0.05, 0) is 152 Å². The zero-order chi connectivity index (χ0) is 87.8. The van der Waals surface area contributed by atoms with Crippen LogP contribution in [0.3, 0.4) is 0 Å². The zero-order valence-corrected chi connectivity index (χ0v) is 73.5. The molecule has 1 N–H and O–H groups in total. The molecule has 634 valence electrons. The molecule has 0 aliphatic carbocycles. The number of para-hydroxylation sites is 5. The molecule has 0 saturated heterocycles. The summed E-state index contributed by atoms with van der Waals surface area (Å²) in [5.41, 5.74) is 16.2. The molecule has 0 aliphatic heterocycles. The van der Waals surface area contributed by atoms with Crippen molar-refractivity contribution in [3.63, 3.8) is 0 Å². The van der Waals surface area contributed by atoms with Crippen molar-refractivity contribution in [1.29, 1.82) is 0 Å². The van der Waals surface area contributed by atoms with Crippen molar-refractivity contribution >= 4 is 87.1 Å². The highest BCUT2D eigenvalue weighted by Crippen LogP contribution is 2.30. The molecule has 0 fully saturated rings. The van der Waals surface area contributed by atoms with E-state index in [0.29, 0.717) is 24.5 Å². The lowest BCUT2D eigenvalue weighted by Crippen LogP contribution is -2.31. The Morgan fingerprint density at radius 2 is 0.760 bits per heavy atom. The number of hydrogen-bond acceptors (Lipinski definition) is 7. The summed E-state index contributed by atoms with van der Waals surface area (Å²) >= 11 is 0. The number of anilines is 3. The smallest absolute Gasteiger partial charge is 0.243 e. The van der Waals surface area contributed by atoms with Gasteiger partial charge in [0.15, 0.2) is 0 Å². The fraction of sp³-hybridized carbons (Fsp3) is 0.159. The number of nitrogens with one attached hydrogen (secondary N) is 1. The highest BCUT2D eigenvalue weighted by molar-refractivity contribution is 7.89. The van der Waals surface area contributed by atoms with Gasteiger partial charge in [0.2, 0.25) is 15.9 Å². The predicted octanol–water partition coefficient (Wildman–Crippen LogP) is 25.8. The van der Waals surface area contributed by atoms with Gasteiger partial charge in [-0.3, -0.25) is 14.6 Å². The van der Waals surface area contributed by atoms with Crippen molar-refractivity contribution in [2.45, 2.75) is 64.3 Å². The van der Waals surface area contributed by atoms with E-state index in [4.69, 9.17) is 0 Å². The maximum absolute atomic E-state index is 13.1. The topological polar surface area (TPSA) is 91.4 Å². The standard InChI is InChI=1S/C24H24N2.C21H24N2.C21H21NO2S.C16H17NO.C16H17N.C15H15N/c1-2-15-26(16-14-20-17-25-24-13-6-5-12-23(20)24)18-21-10-7-9-19-8-3-4-11-22(19)21;1-3-14-23(16-18-9-5-4-6-10-18)15-13-19-17-22(2)21-12-8-7-11-20(19)21;1-3-15-22(25(23,24)20-13-11-17(2)12-14-20)16-19-9-6-8-18-7-4-5-10-21(18)19;1-3-11-17(13(2)18)12-15-9-6-8-14-7-4-5-10-16(14)15;1-2-13-17(16-11-7-4-8-12-16)14-15-9-5-3-6-10-15;1-2-13-16(14-9-5-3-6-10-14)15-11-7-4-8-12-15/h2-13,17,25H,1,14-16,18H2;3-12,17H,1,13-16H2,2H3;3-14H,1,15-16H2,2H3;3-10H,1,11-12H2,2H3;2-12H,1,13-14H2;2-12H,1,13H2. The molecule has 16 aromatic rings. The third-order valence-electron chi connectivity index (χ3n) is 21.7. The molecule has 2 aromatic heterocycles. The molecule has 125 heavy (non-hydrogen) atoms. The lowest BCUT2D eigenvalue weighted by Gasteiger charge is -2.23. The molecule has 0 bridgehead atoms. The lowest BCUT2D eigenvalue weighted by molar-refractivity contribution is -0.128.